The molecule has 4 nitrogen and oxygen atoms in total. The zero-order valence-corrected chi connectivity index (χ0v) is 21.8. The van der Waals surface area contributed by atoms with Crippen molar-refractivity contribution in [3.05, 3.63) is 83.2 Å². The Labute approximate surface area is 212 Å². The van der Waals surface area contributed by atoms with E-state index in [4.69, 9.17) is 11.6 Å². The van der Waals surface area contributed by atoms with Gasteiger partial charge in [-0.15, -0.1) is 0 Å². The summed E-state index contributed by atoms with van der Waals surface area (Å²) in [7, 11) is 0. The van der Waals surface area contributed by atoms with Crippen molar-refractivity contribution in [3.63, 3.8) is 0 Å². The van der Waals surface area contributed by atoms with Crippen LogP contribution in [0.2, 0.25) is 5.02 Å². The minimum atomic E-state index is -2.84. The molecule has 3 aromatic rings. The van der Waals surface area contributed by atoms with E-state index in [1.165, 1.54) is 19.1 Å². The fourth-order valence-electron chi connectivity index (χ4n) is 3.62. The van der Waals surface area contributed by atoms with Gasteiger partial charge in [0.05, 0.1) is 17.1 Å². The van der Waals surface area contributed by atoms with Gasteiger partial charge in [0.15, 0.2) is 0 Å². The number of aryl methyl sites for hydroxylation is 1. The van der Waals surface area contributed by atoms with E-state index in [0.717, 1.165) is 35.7 Å². The molecule has 1 fully saturated rings. The number of aromatic nitrogens is 2. The highest BCUT2D eigenvalue weighted by Crippen LogP contribution is 2.34. The van der Waals surface area contributed by atoms with Crippen LogP contribution in [-0.4, -0.2) is 22.1 Å². The summed E-state index contributed by atoms with van der Waals surface area (Å²) in [5.41, 5.74) is 4.05. The number of halogens is 3. The maximum Gasteiger partial charge on any atom is 0.273 e. The molecule has 1 aromatic heterocycles. The average Bonchev–Trinajstić information content (AvgIpc) is 3.47. The van der Waals surface area contributed by atoms with Crippen LogP contribution < -0.4 is 5.32 Å². The first-order valence-corrected chi connectivity index (χ1v) is 12.2. The smallest absolute Gasteiger partial charge is 0.273 e. The van der Waals surface area contributed by atoms with Gasteiger partial charge in [0.1, 0.15) is 5.78 Å². The van der Waals surface area contributed by atoms with Crippen LogP contribution in [0, 0.1) is 12.8 Å². The molecule has 2 aromatic carbocycles. The van der Waals surface area contributed by atoms with Gasteiger partial charge >= 0.3 is 0 Å². The zero-order valence-electron chi connectivity index (χ0n) is 21.0. The topological polar surface area (TPSA) is 46.9 Å². The van der Waals surface area contributed by atoms with Crippen molar-refractivity contribution in [2.24, 2.45) is 5.92 Å². The number of carbonyl (C=O) groups is 1. The predicted molar refractivity (Wildman–Crippen MR) is 140 cm³/mol. The number of hydrogen-bond donors (Lipinski definition) is 1. The Hall–Kier alpha value is -2.99. The molecule has 188 valence electrons. The molecule has 4 rings (SSSR count). The number of nitrogens with zero attached hydrogens (tertiary/aromatic N) is 2. The summed E-state index contributed by atoms with van der Waals surface area (Å²) < 4.78 is 29.8. The fraction of sp³-hybridized carbons (Fsp3) is 0.357. The highest BCUT2D eigenvalue weighted by atomic mass is 35.5. The van der Waals surface area contributed by atoms with E-state index >= 15 is 0 Å². The lowest BCUT2D eigenvalue weighted by atomic mass is 10.0. The standard InChI is InChI=1S/C19H17ClF2N2.C7H11NO.C2H6/c1-3-19(21,22)15-7-4-6-14(11-15)18-10-13(2)23-24(18)17-9-5-8-16(20)12-17;1-5-3-7(4-8-5)6(2)9;1-2/h4-12H,3H2,1-2H3;7-8H,1,3-4H2,2H3;1-2H3. The van der Waals surface area contributed by atoms with Crippen LogP contribution >= 0.6 is 11.6 Å². The van der Waals surface area contributed by atoms with Gasteiger partial charge in [-0.05, 0) is 50.6 Å². The monoisotopic (exact) mass is 501 g/mol. The number of benzene rings is 2. The molecule has 0 spiro atoms. The summed E-state index contributed by atoms with van der Waals surface area (Å²) in [6.45, 7) is 13.5. The first-order valence-electron chi connectivity index (χ1n) is 11.8. The van der Waals surface area contributed by atoms with Crippen molar-refractivity contribution in [3.8, 4) is 16.9 Å². The molecule has 1 N–H and O–H groups in total. The second kappa shape index (κ2) is 12.6. The van der Waals surface area contributed by atoms with Crippen molar-refractivity contribution in [2.45, 2.75) is 53.4 Å². The first-order chi connectivity index (χ1) is 16.6. The molecular weight excluding hydrogens is 468 g/mol. The Balaban J connectivity index is 0.000000329. The molecule has 0 bridgehead atoms. The van der Waals surface area contributed by atoms with Gasteiger partial charge in [-0.1, -0.05) is 63.2 Å². The van der Waals surface area contributed by atoms with Crippen LogP contribution in [-0.2, 0) is 10.7 Å². The van der Waals surface area contributed by atoms with E-state index in [1.54, 1.807) is 29.8 Å². The van der Waals surface area contributed by atoms with E-state index in [9.17, 15) is 13.6 Å². The highest BCUT2D eigenvalue weighted by molar-refractivity contribution is 6.30. The molecule has 7 heteroatoms. The first kappa shape index (κ1) is 28.2. The number of ketones is 1. The number of alkyl halides is 2. The molecule has 1 saturated heterocycles. The third kappa shape index (κ3) is 7.49. The van der Waals surface area contributed by atoms with Gasteiger partial charge in [-0.3, -0.25) is 4.79 Å². The van der Waals surface area contributed by atoms with Gasteiger partial charge in [0.2, 0.25) is 0 Å². The molecule has 1 atom stereocenters. The molecule has 0 saturated carbocycles. The number of carbonyl (C=O) groups excluding carboxylic acids is 1. The van der Waals surface area contributed by atoms with Gasteiger partial charge in [-0.25, -0.2) is 13.5 Å². The van der Waals surface area contributed by atoms with E-state index in [-0.39, 0.29) is 23.7 Å². The largest absolute Gasteiger partial charge is 0.388 e. The van der Waals surface area contributed by atoms with Crippen LogP contribution in [0.1, 0.15) is 51.8 Å². The zero-order chi connectivity index (χ0) is 26.2. The van der Waals surface area contributed by atoms with Gasteiger partial charge < -0.3 is 5.32 Å². The second-order valence-electron chi connectivity index (χ2n) is 8.20. The molecule has 1 aliphatic heterocycles. The van der Waals surface area contributed by atoms with E-state index in [2.05, 4.69) is 17.0 Å². The molecule has 0 radical (unpaired) electrons. The van der Waals surface area contributed by atoms with Crippen LogP contribution in [0.3, 0.4) is 0 Å². The van der Waals surface area contributed by atoms with Gasteiger partial charge in [0.25, 0.3) is 5.92 Å². The number of Topliss-reactive ketones (excluding diaryl/α,β-unsaturated/α-hetero) is 1. The Kier molecular flexibility index (Phi) is 10.2. The Morgan fingerprint density at radius 1 is 1.20 bits per heavy atom. The van der Waals surface area contributed by atoms with Crippen molar-refractivity contribution in [1.82, 2.24) is 15.1 Å². The van der Waals surface area contributed by atoms with E-state index < -0.39 is 5.92 Å². The lowest BCUT2D eigenvalue weighted by Crippen LogP contribution is -2.14. The maximum atomic E-state index is 14.0. The minimum absolute atomic E-state index is 0.0130. The number of nitrogens with one attached hydrogen (secondary N) is 1. The second-order valence-corrected chi connectivity index (χ2v) is 8.63. The quantitative estimate of drug-likeness (QED) is 0.389. The van der Waals surface area contributed by atoms with Crippen LogP contribution in [0.4, 0.5) is 8.78 Å². The predicted octanol–water partition coefficient (Wildman–Crippen LogP) is 7.73. The molecule has 0 aliphatic carbocycles. The minimum Gasteiger partial charge on any atom is -0.388 e. The molecule has 2 heterocycles. The Morgan fingerprint density at radius 3 is 2.43 bits per heavy atom. The Morgan fingerprint density at radius 2 is 1.89 bits per heavy atom. The third-order valence-electron chi connectivity index (χ3n) is 5.58. The summed E-state index contributed by atoms with van der Waals surface area (Å²) in [5, 5.41) is 8.11. The summed E-state index contributed by atoms with van der Waals surface area (Å²) in [4.78, 5) is 10.7. The van der Waals surface area contributed by atoms with Crippen molar-refractivity contribution < 1.29 is 13.6 Å². The lowest BCUT2D eigenvalue weighted by molar-refractivity contribution is -0.120. The van der Waals surface area contributed by atoms with Crippen LogP contribution in [0.15, 0.2) is 66.9 Å². The average molecular weight is 502 g/mol. The lowest BCUT2D eigenvalue weighted by Gasteiger charge is -2.16. The molecule has 1 unspecified atom stereocenters. The summed E-state index contributed by atoms with van der Waals surface area (Å²) >= 11 is 6.06. The number of allylic oxidation sites excluding steroid dienone is 1. The third-order valence-corrected chi connectivity index (χ3v) is 5.81. The SMILES string of the molecule is C=C1CC(C(C)=O)CN1.CC.CCC(F)(F)c1cccc(-c2cc(C)nn2-c2cccc(Cl)c2)c1. The molecule has 0 amide bonds. The number of hydrogen-bond acceptors (Lipinski definition) is 3. The van der Waals surface area contributed by atoms with Crippen LogP contribution in [0.25, 0.3) is 16.9 Å². The maximum absolute atomic E-state index is 14.0. The summed E-state index contributed by atoms with van der Waals surface area (Å²) in [5.74, 6) is -2.38. The van der Waals surface area contributed by atoms with E-state index in [1.807, 2.05) is 45.0 Å². The van der Waals surface area contributed by atoms with Crippen LogP contribution in [0.5, 0.6) is 0 Å². The van der Waals surface area contributed by atoms with Crippen molar-refractivity contribution in [1.29, 1.82) is 0 Å². The number of rotatable bonds is 5. The molecular formula is C28H34ClF2N3O. The van der Waals surface area contributed by atoms with Gasteiger partial charge in [-0.2, -0.15) is 5.10 Å². The van der Waals surface area contributed by atoms with Crippen molar-refractivity contribution >= 4 is 17.4 Å². The van der Waals surface area contributed by atoms with Gasteiger partial charge in [0, 0.05) is 40.7 Å². The summed E-state index contributed by atoms with van der Waals surface area (Å²) in [6.07, 6.45) is 0.596. The fourth-order valence-corrected chi connectivity index (χ4v) is 3.80. The molecule has 1 aliphatic rings. The van der Waals surface area contributed by atoms with E-state index in [0.29, 0.717) is 10.6 Å². The highest BCUT2D eigenvalue weighted by Gasteiger charge is 2.29. The summed E-state index contributed by atoms with van der Waals surface area (Å²) in [6, 6.07) is 15.6. The molecule has 35 heavy (non-hydrogen) atoms. The normalized spacial score (nSPS) is 14.9. The van der Waals surface area contributed by atoms with Crippen molar-refractivity contribution in [2.75, 3.05) is 6.54 Å². The Bertz CT molecular complexity index is 1160.